The Hall–Kier alpha value is -0.860. The van der Waals surface area contributed by atoms with Crippen molar-refractivity contribution >= 4 is 33.7 Å². The van der Waals surface area contributed by atoms with Gasteiger partial charge in [0.15, 0.2) is 0 Å². The van der Waals surface area contributed by atoms with Crippen LogP contribution in [0.15, 0.2) is 24.3 Å². The average Bonchev–Trinajstić information content (AvgIpc) is 2.03. The molecule has 4 heteroatoms. The molecule has 13 heavy (non-hydrogen) atoms. The first-order valence-electron chi connectivity index (χ1n) is 3.57. The first kappa shape index (κ1) is 10.2. The number of carbonyl (C=O) groups is 2. The van der Waals surface area contributed by atoms with Crippen LogP contribution in [0.2, 0.25) is 0 Å². The predicted molar refractivity (Wildman–Crippen MR) is 51.2 cm³/mol. The largest absolute Gasteiger partial charge is 0.281 e. The molecular formula is C9H6Cl2O2. The Morgan fingerprint density at radius 1 is 1.15 bits per heavy atom. The third-order valence-electron chi connectivity index (χ3n) is 1.56. The summed E-state index contributed by atoms with van der Waals surface area (Å²) >= 11 is 10.5. The van der Waals surface area contributed by atoms with Crippen LogP contribution in [-0.4, -0.2) is 10.5 Å². The number of halogens is 2. The molecule has 1 rings (SSSR count). The van der Waals surface area contributed by atoms with Gasteiger partial charge >= 0.3 is 0 Å². The molecule has 0 aliphatic rings. The summed E-state index contributed by atoms with van der Waals surface area (Å²) < 4.78 is 0. The molecule has 0 saturated heterocycles. The van der Waals surface area contributed by atoms with E-state index in [2.05, 4.69) is 0 Å². The van der Waals surface area contributed by atoms with Crippen molar-refractivity contribution in [2.45, 2.75) is 6.42 Å². The van der Waals surface area contributed by atoms with Gasteiger partial charge in [-0.2, -0.15) is 0 Å². The Balaban J connectivity index is 3.04. The maximum absolute atomic E-state index is 10.9. The van der Waals surface area contributed by atoms with Gasteiger partial charge in [-0.25, -0.2) is 0 Å². The van der Waals surface area contributed by atoms with Gasteiger partial charge in [-0.15, -0.1) is 0 Å². The van der Waals surface area contributed by atoms with Crippen LogP contribution in [0.5, 0.6) is 0 Å². The van der Waals surface area contributed by atoms with E-state index in [0.29, 0.717) is 11.1 Å². The molecule has 0 atom stereocenters. The zero-order valence-electron chi connectivity index (χ0n) is 6.59. The normalized spacial score (nSPS) is 9.69. The highest BCUT2D eigenvalue weighted by Crippen LogP contribution is 2.13. The van der Waals surface area contributed by atoms with E-state index in [1.807, 2.05) is 0 Å². The summed E-state index contributed by atoms with van der Waals surface area (Å²) in [6.07, 6.45) is 0.0240. The molecular weight excluding hydrogens is 211 g/mol. The second-order valence-corrected chi connectivity index (χ2v) is 3.23. The molecule has 0 aliphatic carbocycles. The van der Waals surface area contributed by atoms with Crippen molar-refractivity contribution < 1.29 is 9.59 Å². The smallest absolute Gasteiger partial charge is 0.252 e. The van der Waals surface area contributed by atoms with E-state index in [4.69, 9.17) is 23.2 Å². The highest BCUT2D eigenvalue weighted by molar-refractivity contribution is 6.68. The molecule has 0 N–H and O–H groups in total. The van der Waals surface area contributed by atoms with Crippen LogP contribution in [0.4, 0.5) is 0 Å². The van der Waals surface area contributed by atoms with Gasteiger partial charge in [0, 0.05) is 12.0 Å². The van der Waals surface area contributed by atoms with Crippen molar-refractivity contribution in [1.29, 1.82) is 0 Å². The van der Waals surface area contributed by atoms with Crippen molar-refractivity contribution in [3.8, 4) is 0 Å². The Bertz CT molecular complexity index is 347. The lowest BCUT2D eigenvalue weighted by atomic mass is 10.1. The molecule has 1 aromatic rings. The molecule has 0 aliphatic heterocycles. The van der Waals surface area contributed by atoms with E-state index in [1.165, 1.54) is 0 Å². The first-order valence-corrected chi connectivity index (χ1v) is 4.33. The van der Waals surface area contributed by atoms with Crippen molar-refractivity contribution in [2.24, 2.45) is 0 Å². The molecule has 0 amide bonds. The van der Waals surface area contributed by atoms with Gasteiger partial charge < -0.3 is 0 Å². The maximum atomic E-state index is 10.9. The highest BCUT2D eigenvalue weighted by Gasteiger charge is 2.09. The number of hydrogen-bond donors (Lipinski definition) is 0. The molecule has 0 spiro atoms. The third-order valence-corrected chi connectivity index (χ3v) is 1.90. The molecule has 0 radical (unpaired) electrons. The Morgan fingerprint density at radius 3 is 2.31 bits per heavy atom. The van der Waals surface area contributed by atoms with Crippen LogP contribution < -0.4 is 0 Å². The number of benzene rings is 1. The maximum Gasteiger partial charge on any atom is 0.252 e. The van der Waals surface area contributed by atoms with E-state index < -0.39 is 10.5 Å². The summed E-state index contributed by atoms with van der Waals surface area (Å²) in [5.74, 6) is 0. The minimum Gasteiger partial charge on any atom is -0.281 e. The van der Waals surface area contributed by atoms with Crippen molar-refractivity contribution in [1.82, 2.24) is 0 Å². The van der Waals surface area contributed by atoms with Gasteiger partial charge in [-0.1, -0.05) is 18.2 Å². The van der Waals surface area contributed by atoms with E-state index in [0.717, 1.165) is 0 Å². The number of rotatable bonds is 3. The van der Waals surface area contributed by atoms with Crippen LogP contribution in [0.1, 0.15) is 15.9 Å². The summed E-state index contributed by atoms with van der Waals surface area (Å²) in [5.41, 5.74) is 0.890. The molecule has 0 fully saturated rings. The van der Waals surface area contributed by atoms with E-state index in [-0.39, 0.29) is 6.42 Å². The van der Waals surface area contributed by atoms with Gasteiger partial charge in [0.2, 0.25) is 5.24 Å². The monoisotopic (exact) mass is 216 g/mol. The van der Waals surface area contributed by atoms with Crippen LogP contribution in [-0.2, 0) is 11.2 Å². The lowest BCUT2D eigenvalue weighted by molar-refractivity contribution is -0.111. The second kappa shape index (κ2) is 4.40. The zero-order chi connectivity index (χ0) is 9.84. The lowest BCUT2D eigenvalue weighted by Gasteiger charge is -2.01. The van der Waals surface area contributed by atoms with Crippen LogP contribution >= 0.6 is 23.2 Å². The standard InChI is InChI=1S/C9H6Cl2O2/c10-8(12)5-6-3-1-2-4-7(6)9(11)13/h1-4H,5H2. The van der Waals surface area contributed by atoms with E-state index >= 15 is 0 Å². The summed E-state index contributed by atoms with van der Waals surface area (Å²) in [7, 11) is 0. The van der Waals surface area contributed by atoms with Gasteiger partial charge in [0.05, 0.1) is 0 Å². The van der Waals surface area contributed by atoms with Crippen LogP contribution in [0.25, 0.3) is 0 Å². The fourth-order valence-electron chi connectivity index (χ4n) is 1.02. The Kier molecular flexibility index (Phi) is 3.46. The quantitative estimate of drug-likeness (QED) is 0.728. The topological polar surface area (TPSA) is 34.1 Å². The lowest BCUT2D eigenvalue weighted by Crippen LogP contribution is -2.01. The second-order valence-electron chi connectivity index (χ2n) is 2.46. The molecule has 0 heterocycles. The number of hydrogen-bond acceptors (Lipinski definition) is 2. The zero-order valence-corrected chi connectivity index (χ0v) is 8.10. The molecule has 1 aromatic carbocycles. The molecule has 0 bridgehead atoms. The molecule has 68 valence electrons. The van der Waals surface area contributed by atoms with Gasteiger partial charge in [-0.3, -0.25) is 9.59 Å². The average molecular weight is 217 g/mol. The van der Waals surface area contributed by atoms with Crippen molar-refractivity contribution in [2.75, 3.05) is 0 Å². The predicted octanol–water partition coefficient (Wildman–Crippen LogP) is 2.37. The number of carbonyl (C=O) groups excluding carboxylic acids is 2. The summed E-state index contributed by atoms with van der Waals surface area (Å²) in [6.45, 7) is 0. The van der Waals surface area contributed by atoms with Gasteiger partial charge in [0.25, 0.3) is 5.24 Å². The van der Waals surface area contributed by atoms with Gasteiger partial charge in [0.1, 0.15) is 0 Å². The molecule has 0 saturated carbocycles. The molecule has 2 nitrogen and oxygen atoms in total. The minimum atomic E-state index is -0.575. The summed E-state index contributed by atoms with van der Waals surface area (Å²) in [4.78, 5) is 21.5. The first-order chi connectivity index (χ1) is 6.11. The minimum absolute atomic E-state index is 0.0240. The van der Waals surface area contributed by atoms with Crippen LogP contribution in [0.3, 0.4) is 0 Å². The molecule has 0 aromatic heterocycles. The SMILES string of the molecule is O=C(Cl)Cc1ccccc1C(=O)Cl. The summed E-state index contributed by atoms with van der Waals surface area (Å²) in [6, 6.07) is 6.61. The Morgan fingerprint density at radius 2 is 1.77 bits per heavy atom. The fraction of sp³-hybridized carbons (Fsp3) is 0.111. The van der Waals surface area contributed by atoms with Crippen LogP contribution in [0, 0.1) is 0 Å². The third kappa shape index (κ3) is 2.83. The Labute approximate surface area is 85.5 Å². The van der Waals surface area contributed by atoms with Gasteiger partial charge in [-0.05, 0) is 34.8 Å². The molecule has 0 unspecified atom stereocenters. The van der Waals surface area contributed by atoms with Crippen molar-refractivity contribution in [3.05, 3.63) is 35.4 Å². The van der Waals surface area contributed by atoms with E-state index in [1.54, 1.807) is 24.3 Å². The summed E-state index contributed by atoms with van der Waals surface area (Å²) in [5, 5.41) is -1.08. The highest BCUT2D eigenvalue weighted by atomic mass is 35.5. The fourth-order valence-corrected chi connectivity index (χ4v) is 1.34. The van der Waals surface area contributed by atoms with E-state index in [9.17, 15) is 9.59 Å². The van der Waals surface area contributed by atoms with Crippen molar-refractivity contribution in [3.63, 3.8) is 0 Å².